The summed E-state index contributed by atoms with van der Waals surface area (Å²) < 4.78 is 2.95. The third-order valence-corrected chi connectivity index (χ3v) is 3.57. The molecule has 2 heterocycles. The third kappa shape index (κ3) is 2.44. The molecule has 5 heteroatoms. The molecule has 2 aromatic heterocycles. The molecule has 0 atom stereocenters. The van der Waals surface area contributed by atoms with E-state index in [9.17, 15) is 4.79 Å². The number of hydrogen-bond donors (Lipinski definition) is 1. The predicted octanol–water partition coefficient (Wildman–Crippen LogP) is 3.55. The van der Waals surface area contributed by atoms with Gasteiger partial charge in [-0.25, -0.2) is 4.79 Å². The smallest absolute Gasteiger partial charge is 0.335 e. The van der Waals surface area contributed by atoms with E-state index in [-0.39, 0.29) is 0 Å². The number of carboxylic acid groups (broad SMARTS) is 1. The van der Waals surface area contributed by atoms with Gasteiger partial charge in [-0.2, -0.15) is 0 Å². The average molecular weight is 331 g/mol. The first-order valence-electron chi connectivity index (χ1n) is 6.05. The summed E-state index contributed by atoms with van der Waals surface area (Å²) in [5.41, 5.74) is 2.26. The molecule has 0 aliphatic heterocycles. The van der Waals surface area contributed by atoms with Gasteiger partial charge in [0, 0.05) is 35.1 Å². The number of benzene rings is 1. The first-order valence-corrected chi connectivity index (χ1v) is 6.84. The van der Waals surface area contributed by atoms with Gasteiger partial charge in [0.05, 0.1) is 5.56 Å². The lowest BCUT2D eigenvalue weighted by molar-refractivity contribution is 0.0697. The van der Waals surface area contributed by atoms with Crippen LogP contribution < -0.4 is 0 Å². The Hall–Kier alpha value is -2.14. The van der Waals surface area contributed by atoms with Crippen molar-refractivity contribution in [1.29, 1.82) is 0 Å². The highest BCUT2D eigenvalue weighted by atomic mass is 79.9. The van der Waals surface area contributed by atoms with Crippen molar-refractivity contribution in [3.63, 3.8) is 0 Å². The molecule has 0 aliphatic carbocycles. The van der Waals surface area contributed by atoms with E-state index in [0.29, 0.717) is 12.1 Å². The minimum atomic E-state index is -0.913. The van der Waals surface area contributed by atoms with Crippen LogP contribution in [0.1, 0.15) is 15.9 Å². The summed E-state index contributed by atoms with van der Waals surface area (Å²) in [7, 11) is 0. The zero-order valence-corrected chi connectivity index (χ0v) is 12.0. The van der Waals surface area contributed by atoms with Gasteiger partial charge in [-0.3, -0.25) is 4.98 Å². The molecule has 1 N–H and O–H groups in total. The minimum absolute atomic E-state index is 0.296. The lowest BCUT2D eigenvalue weighted by Gasteiger charge is -2.06. The Morgan fingerprint density at radius 2 is 2.10 bits per heavy atom. The van der Waals surface area contributed by atoms with Crippen molar-refractivity contribution in [2.24, 2.45) is 0 Å². The molecule has 0 radical (unpaired) electrons. The standard InChI is InChI=1S/C15H11BrN2O2/c16-13-5-10(7-17-8-13)9-18-4-3-11-1-2-12(15(19)20)6-14(11)18/h1-8H,9H2,(H,19,20). The molecule has 3 rings (SSSR count). The van der Waals surface area contributed by atoms with E-state index in [4.69, 9.17) is 5.11 Å². The van der Waals surface area contributed by atoms with Crippen LogP contribution in [0.4, 0.5) is 0 Å². The molecule has 0 saturated carbocycles. The molecule has 0 saturated heterocycles. The zero-order chi connectivity index (χ0) is 14.1. The fraction of sp³-hybridized carbons (Fsp3) is 0.0667. The normalized spacial score (nSPS) is 10.8. The van der Waals surface area contributed by atoms with Crippen molar-refractivity contribution in [3.05, 3.63) is 64.5 Å². The number of nitrogens with zero attached hydrogens (tertiary/aromatic N) is 2. The van der Waals surface area contributed by atoms with Crippen LogP contribution in [0.15, 0.2) is 53.4 Å². The van der Waals surface area contributed by atoms with E-state index < -0.39 is 5.97 Å². The topological polar surface area (TPSA) is 55.1 Å². The Bertz CT molecular complexity index is 795. The summed E-state index contributed by atoms with van der Waals surface area (Å²) in [5, 5.41) is 10.1. The molecule has 0 bridgehead atoms. The van der Waals surface area contributed by atoms with Crippen molar-refractivity contribution in [1.82, 2.24) is 9.55 Å². The Balaban J connectivity index is 2.03. The number of aromatic nitrogens is 2. The van der Waals surface area contributed by atoms with Gasteiger partial charge in [0.25, 0.3) is 0 Å². The van der Waals surface area contributed by atoms with Gasteiger partial charge >= 0.3 is 5.97 Å². The highest BCUT2D eigenvalue weighted by Gasteiger charge is 2.07. The molecule has 4 nitrogen and oxygen atoms in total. The SMILES string of the molecule is O=C(O)c1ccc2ccn(Cc3cncc(Br)c3)c2c1. The average Bonchev–Trinajstić information content (AvgIpc) is 2.81. The molecule has 0 fully saturated rings. The molecule has 20 heavy (non-hydrogen) atoms. The van der Waals surface area contributed by atoms with Gasteiger partial charge in [-0.1, -0.05) is 6.07 Å². The fourth-order valence-electron chi connectivity index (χ4n) is 2.19. The van der Waals surface area contributed by atoms with Crippen molar-refractivity contribution in [2.75, 3.05) is 0 Å². The maximum atomic E-state index is 11.1. The second-order valence-electron chi connectivity index (χ2n) is 4.53. The first-order chi connectivity index (χ1) is 9.63. The molecule has 0 unspecified atom stereocenters. The van der Waals surface area contributed by atoms with E-state index in [0.717, 1.165) is 20.9 Å². The number of carbonyl (C=O) groups is 1. The second kappa shape index (κ2) is 5.09. The van der Waals surface area contributed by atoms with Crippen LogP contribution >= 0.6 is 15.9 Å². The Morgan fingerprint density at radius 3 is 2.85 bits per heavy atom. The Labute approximate surface area is 123 Å². The van der Waals surface area contributed by atoms with E-state index in [1.54, 1.807) is 24.5 Å². The maximum Gasteiger partial charge on any atom is 0.335 e. The molecular weight excluding hydrogens is 320 g/mol. The summed E-state index contributed by atoms with van der Waals surface area (Å²) in [6.45, 7) is 0.652. The van der Waals surface area contributed by atoms with Gasteiger partial charge in [0.1, 0.15) is 0 Å². The van der Waals surface area contributed by atoms with Crippen molar-refractivity contribution < 1.29 is 9.90 Å². The second-order valence-corrected chi connectivity index (χ2v) is 5.45. The Kier molecular flexibility index (Phi) is 3.28. The molecule has 1 aromatic carbocycles. The number of hydrogen-bond acceptors (Lipinski definition) is 2. The Morgan fingerprint density at radius 1 is 1.25 bits per heavy atom. The molecule has 0 aliphatic rings. The van der Waals surface area contributed by atoms with Gasteiger partial charge in [0.2, 0.25) is 0 Å². The lowest BCUT2D eigenvalue weighted by atomic mass is 10.1. The number of fused-ring (bicyclic) bond motifs is 1. The highest BCUT2D eigenvalue weighted by Crippen LogP contribution is 2.20. The molecular formula is C15H11BrN2O2. The lowest BCUT2D eigenvalue weighted by Crippen LogP contribution is -2.00. The van der Waals surface area contributed by atoms with Crippen LogP contribution in [0.25, 0.3) is 10.9 Å². The van der Waals surface area contributed by atoms with E-state index in [1.807, 2.05) is 29.0 Å². The number of aromatic carboxylic acids is 1. The highest BCUT2D eigenvalue weighted by molar-refractivity contribution is 9.10. The summed E-state index contributed by atoms with van der Waals surface area (Å²) in [6.07, 6.45) is 5.49. The molecule has 100 valence electrons. The molecule has 0 amide bonds. The van der Waals surface area contributed by atoms with Crippen LogP contribution in [0.2, 0.25) is 0 Å². The first kappa shape index (κ1) is 12.9. The van der Waals surface area contributed by atoms with Crippen molar-refractivity contribution in [3.8, 4) is 0 Å². The molecule has 0 spiro atoms. The summed E-state index contributed by atoms with van der Waals surface area (Å²) in [6, 6.07) is 9.12. The monoisotopic (exact) mass is 330 g/mol. The van der Waals surface area contributed by atoms with Gasteiger partial charge in [-0.15, -0.1) is 0 Å². The van der Waals surface area contributed by atoms with E-state index in [1.165, 1.54) is 0 Å². The summed E-state index contributed by atoms with van der Waals surface area (Å²) >= 11 is 3.40. The van der Waals surface area contributed by atoms with Gasteiger partial charge in [-0.05, 0) is 51.1 Å². The van der Waals surface area contributed by atoms with E-state index >= 15 is 0 Å². The van der Waals surface area contributed by atoms with Crippen molar-refractivity contribution in [2.45, 2.75) is 6.54 Å². The zero-order valence-electron chi connectivity index (χ0n) is 10.5. The van der Waals surface area contributed by atoms with Crippen LogP contribution in [0.5, 0.6) is 0 Å². The number of rotatable bonds is 3. The van der Waals surface area contributed by atoms with Crippen molar-refractivity contribution >= 4 is 32.8 Å². The van der Waals surface area contributed by atoms with Gasteiger partial charge in [0.15, 0.2) is 0 Å². The summed E-state index contributed by atoms with van der Waals surface area (Å²) in [5.74, 6) is -0.913. The quantitative estimate of drug-likeness (QED) is 0.799. The third-order valence-electron chi connectivity index (χ3n) is 3.14. The van der Waals surface area contributed by atoms with Crippen LogP contribution in [0, 0.1) is 0 Å². The molecule has 3 aromatic rings. The largest absolute Gasteiger partial charge is 0.478 e. The number of halogens is 1. The van der Waals surface area contributed by atoms with Crippen LogP contribution in [-0.2, 0) is 6.54 Å². The predicted molar refractivity (Wildman–Crippen MR) is 79.9 cm³/mol. The van der Waals surface area contributed by atoms with E-state index in [2.05, 4.69) is 20.9 Å². The fourth-order valence-corrected chi connectivity index (χ4v) is 2.61. The van der Waals surface area contributed by atoms with Crippen LogP contribution in [-0.4, -0.2) is 20.6 Å². The number of pyridine rings is 1. The summed E-state index contributed by atoms with van der Waals surface area (Å²) in [4.78, 5) is 15.2. The minimum Gasteiger partial charge on any atom is -0.478 e. The van der Waals surface area contributed by atoms with Crippen LogP contribution in [0.3, 0.4) is 0 Å². The maximum absolute atomic E-state index is 11.1. The van der Waals surface area contributed by atoms with Gasteiger partial charge < -0.3 is 9.67 Å². The number of carboxylic acids is 1.